The van der Waals surface area contributed by atoms with Crippen LogP contribution in [0.1, 0.15) is 32.6 Å². The van der Waals surface area contributed by atoms with Crippen LogP contribution >= 0.6 is 0 Å². The van der Waals surface area contributed by atoms with E-state index in [1.807, 2.05) is 6.92 Å². The largest absolute Gasteiger partial charge is 0.337 e. The van der Waals surface area contributed by atoms with Gasteiger partial charge < -0.3 is 10.6 Å². The van der Waals surface area contributed by atoms with Gasteiger partial charge in [0.15, 0.2) is 0 Å². The molecule has 0 aromatic heterocycles. The molecule has 106 valence electrons. The number of nitrogens with one attached hydrogen (secondary N) is 1. The van der Waals surface area contributed by atoms with E-state index < -0.39 is 16.1 Å². The zero-order valence-electron chi connectivity index (χ0n) is 11.1. The Labute approximate surface area is 109 Å². The second kappa shape index (κ2) is 6.49. The third kappa shape index (κ3) is 4.55. The van der Waals surface area contributed by atoms with Crippen LogP contribution in [-0.4, -0.2) is 50.7 Å². The molecule has 6 nitrogen and oxygen atoms in total. The SMILES string of the molecule is CC[C@H](N)C(=O)N1CCCCC1CNS(C)(=O)=O. The third-order valence-corrected chi connectivity index (χ3v) is 3.94. The minimum Gasteiger partial charge on any atom is -0.337 e. The fraction of sp³-hybridized carbons (Fsp3) is 0.909. The highest BCUT2D eigenvalue weighted by molar-refractivity contribution is 7.88. The highest BCUT2D eigenvalue weighted by Crippen LogP contribution is 2.17. The van der Waals surface area contributed by atoms with Crippen molar-refractivity contribution < 1.29 is 13.2 Å². The van der Waals surface area contributed by atoms with Crippen LogP contribution in [0, 0.1) is 0 Å². The van der Waals surface area contributed by atoms with E-state index in [0.29, 0.717) is 13.0 Å². The lowest BCUT2D eigenvalue weighted by Gasteiger charge is -2.37. The van der Waals surface area contributed by atoms with E-state index in [9.17, 15) is 13.2 Å². The van der Waals surface area contributed by atoms with E-state index in [1.54, 1.807) is 4.90 Å². The summed E-state index contributed by atoms with van der Waals surface area (Å²) in [6.45, 7) is 2.82. The van der Waals surface area contributed by atoms with Gasteiger partial charge in [-0.2, -0.15) is 0 Å². The molecule has 1 saturated heterocycles. The lowest BCUT2D eigenvalue weighted by atomic mass is 10.0. The number of rotatable bonds is 5. The van der Waals surface area contributed by atoms with Crippen molar-refractivity contribution in [3.05, 3.63) is 0 Å². The van der Waals surface area contributed by atoms with Crippen LogP contribution in [-0.2, 0) is 14.8 Å². The van der Waals surface area contributed by atoms with Crippen LogP contribution in [0.4, 0.5) is 0 Å². The van der Waals surface area contributed by atoms with Gasteiger partial charge in [0.25, 0.3) is 0 Å². The quantitative estimate of drug-likeness (QED) is 0.718. The van der Waals surface area contributed by atoms with E-state index >= 15 is 0 Å². The van der Waals surface area contributed by atoms with Gasteiger partial charge in [-0.15, -0.1) is 0 Å². The number of carbonyl (C=O) groups is 1. The average molecular weight is 277 g/mol. The number of nitrogens with two attached hydrogens (primary N) is 1. The Hall–Kier alpha value is -0.660. The van der Waals surface area contributed by atoms with E-state index in [0.717, 1.165) is 25.5 Å². The molecule has 1 aliphatic rings. The molecule has 0 spiro atoms. The first-order chi connectivity index (χ1) is 8.35. The van der Waals surface area contributed by atoms with Crippen molar-refractivity contribution in [1.29, 1.82) is 0 Å². The highest BCUT2D eigenvalue weighted by Gasteiger charge is 2.29. The lowest BCUT2D eigenvalue weighted by Crippen LogP contribution is -2.53. The fourth-order valence-electron chi connectivity index (χ4n) is 2.14. The number of hydrogen-bond acceptors (Lipinski definition) is 4. The molecule has 1 fully saturated rings. The van der Waals surface area contributed by atoms with Crippen LogP contribution in [0.5, 0.6) is 0 Å². The Balaban J connectivity index is 2.65. The van der Waals surface area contributed by atoms with Crippen LogP contribution in [0.25, 0.3) is 0 Å². The average Bonchev–Trinajstić information content (AvgIpc) is 2.34. The smallest absolute Gasteiger partial charge is 0.239 e. The molecule has 3 N–H and O–H groups in total. The topological polar surface area (TPSA) is 92.5 Å². The summed E-state index contributed by atoms with van der Waals surface area (Å²) in [6.07, 6.45) is 4.52. The van der Waals surface area contributed by atoms with E-state index in [4.69, 9.17) is 5.73 Å². The van der Waals surface area contributed by atoms with Gasteiger partial charge in [0, 0.05) is 19.1 Å². The molecule has 0 saturated carbocycles. The van der Waals surface area contributed by atoms with Crippen molar-refractivity contribution >= 4 is 15.9 Å². The molecule has 0 bridgehead atoms. The Morgan fingerprint density at radius 3 is 2.72 bits per heavy atom. The molecule has 18 heavy (non-hydrogen) atoms. The minimum atomic E-state index is -3.22. The zero-order chi connectivity index (χ0) is 13.8. The molecular formula is C11H23N3O3S. The molecule has 7 heteroatoms. The summed E-state index contributed by atoms with van der Waals surface area (Å²) in [7, 11) is -3.22. The summed E-state index contributed by atoms with van der Waals surface area (Å²) in [5.74, 6) is -0.0718. The maximum atomic E-state index is 12.1. The molecule has 1 aliphatic heterocycles. The fourth-order valence-corrected chi connectivity index (χ4v) is 2.63. The van der Waals surface area contributed by atoms with Gasteiger partial charge in [0.05, 0.1) is 12.3 Å². The summed E-state index contributed by atoms with van der Waals surface area (Å²) < 4.78 is 24.7. The highest BCUT2D eigenvalue weighted by atomic mass is 32.2. The maximum absolute atomic E-state index is 12.1. The van der Waals surface area contributed by atoms with Crippen molar-refractivity contribution in [3.8, 4) is 0 Å². The van der Waals surface area contributed by atoms with Crippen LogP contribution in [0.15, 0.2) is 0 Å². The second-order valence-electron chi connectivity index (χ2n) is 4.82. The molecule has 1 amide bonds. The number of sulfonamides is 1. The summed E-state index contributed by atoms with van der Waals surface area (Å²) in [4.78, 5) is 13.8. The van der Waals surface area contributed by atoms with Gasteiger partial charge in [-0.25, -0.2) is 13.1 Å². The number of hydrogen-bond donors (Lipinski definition) is 2. The van der Waals surface area contributed by atoms with Crippen molar-refractivity contribution in [2.45, 2.75) is 44.7 Å². The van der Waals surface area contributed by atoms with Crippen molar-refractivity contribution in [1.82, 2.24) is 9.62 Å². The first-order valence-electron chi connectivity index (χ1n) is 6.36. The van der Waals surface area contributed by atoms with E-state index in [-0.39, 0.29) is 18.5 Å². The molecule has 2 atom stereocenters. The van der Waals surface area contributed by atoms with Gasteiger partial charge >= 0.3 is 0 Å². The summed E-state index contributed by atoms with van der Waals surface area (Å²) in [5.41, 5.74) is 5.76. The normalized spacial score (nSPS) is 22.8. The Bertz CT molecular complexity index is 383. The van der Waals surface area contributed by atoms with E-state index in [2.05, 4.69) is 4.72 Å². The van der Waals surface area contributed by atoms with Crippen LogP contribution in [0.3, 0.4) is 0 Å². The molecule has 0 aliphatic carbocycles. The number of likely N-dealkylation sites (tertiary alicyclic amines) is 1. The van der Waals surface area contributed by atoms with Gasteiger partial charge in [-0.1, -0.05) is 6.92 Å². The predicted octanol–water partition coefficient (Wildman–Crippen LogP) is -0.346. The molecule has 0 radical (unpaired) electrons. The molecule has 0 aromatic carbocycles. The minimum absolute atomic E-state index is 0.0708. The monoisotopic (exact) mass is 277 g/mol. The Morgan fingerprint density at radius 2 is 2.17 bits per heavy atom. The summed E-state index contributed by atoms with van der Waals surface area (Å²) in [5, 5.41) is 0. The first-order valence-corrected chi connectivity index (χ1v) is 8.25. The van der Waals surface area contributed by atoms with Gasteiger partial charge in [-0.05, 0) is 25.7 Å². The summed E-state index contributed by atoms with van der Waals surface area (Å²) >= 11 is 0. The number of amides is 1. The Morgan fingerprint density at radius 1 is 1.50 bits per heavy atom. The molecule has 1 rings (SSSR count). The summed E-state index contributed by atoms with van der Waals surface area (Å²) in [6, 6.07) is -0.553. The van der Waals surface area contributed by atoms with Crippen molar-refractivity contribution in [2.24, 2.45) is 5.73 Å². The van der Waals surface area contributed by atoms with Gasteiger partial charge in [0.1, 0.15) is 0 Å². The van der Waals surface area contributed by atoms with E-state index in [1.165, 1.54) is 0 Å². The second-order valence-corrected chi connectivity index (χ2v) is 6.65. The number of nitrogens with zero attached hydrogens (tertiary/aromatic N) is 1. The van der Waals surface area contributed by atoms with Crippen molar-refractivity contribution in [2.75, 3.05) is 19.3 Å². The van der Waals surface area contributed by atoms with Crippen LogP contribution in [0.2, 0.25) is 0 Å². The van der Waals surface area contributed by atoms with Gasteiger partial charge in [0.2, 0.25) is 15.9 Å². The molecule has 0 aromatic rings. The standard InChI is InChI=1S/C11H23N3O3S/c1-3-10(12)11(15)14-7-5-4-6-9(14)8-13-18(2,16)17/h9-10,13H,3-8,12H2,1-2H3/t9?,10-/m0/s1. The first kappa shape index (κ1) is 15.4. The number of piperidine rings is 1. The molecule has 1 heterocycles. The third-order valence-electron chi connectivity index (χ3n) is 3.25. The zero-order valence-corrected chi connectivity index (χ0v) is 11.9. The van der Waals surface area contributed by atoms with Crippen molar-refractivity contribution in [3.63, 3.8) is 0 Å². The maximum Gasteiger partial charge on any atom is 0.239 e. The van der Waals surface area contributed by atoms with Crippen LogP contribution < -0.4 is 10.5 Å². The number of carbonyl (C=O) groups excluding carboxylic acids is 1. The molecular weight excluding hydrogens is 254 g/mol. The van der Waals surface area contributed by atoms with Gasteiger partial charge in [-0.3, -0.25) is 4.79 Å². The Kier molecular flexibility index (Phi) is 5.55. The predicted molar refractivity (Wildman–Crippen MR) is 70.5 cm³/mol. The lowest BCUT2D eigenvalue weighted by molar-refractivity contribution is -0.136. The molecule has 1 unspecified atom stereocenters.